The van der Waals surface area contributed by atoms with Crippen LogP contribution in [-0.4, -0.2) is 56.5 Å². The fraction of sp³-hybridized carbons (Fsp3) is 0.364. The molecule has 6 heteroatoms. The van der Waals surface area contributed by atoms with E-state index in [0.29, 0.717) is 38.2 Å². The first kappa shape index (κ1) is 19.9. The van der Waals surface area contributed by atoms with E-state index in [1.165, 1.54) is 5.69 Å². The zero-order chi connectivity index (χ0) is 19.8. The first-order valence-electron chi connectivity index (χ1n) is 9.61. The molecule has 0 aliphatic carbocycles. The molecule has 0 bridgehead atoms. The van der Waals surface area contributed by atoms with Gasteiger partial charge in [0.15, 0.2) is 0 Å². The number of ether oxygens (including phenoxy) is 1. The molecule has 2 aromatic carbocycles. The Hall–Kier alpha value is -2.86. The van der Waals surface area contributed by atoms with E-state index in [0.717, 1.165) is 18.7 Å². The summed E-state index contributed by atoms with van der Waals surface area (Å²) in [6.45, 7) is 3.95. The summed E-state index contributed by atoms with van der Waals surface area (Å²) in [5, 5.41) is 2.83. The first-order valence-corrected chi connectivity index (χ1v) is 9.61. The number of nitrogens with one attached hydrogen (secondary N) is 1. The summed E-state index contributed by atoms with van der Waals surface area (Å²) in [6, 6.07) is 17.5. The molecule has 0 aromatic heterocycles. The highest BCUT2D eigenvalue weighted by molar-refractivity contribution is 5.94. The zero-order valence-electron chi connectivity index (χ0n) is 16.3. The van der Waals surface area contributed by atoms with Crippen LogP contribution in [0.15, 0.2) is 54.6 Å². The Kier molecular flexibility index (Phi) is 7.03. The highest BCUT2D eigenvalue weighted by Crippen LogP contribution is 2.15. The lowest BCUT2D eigenvalue weighted by Crippen LogP contribution is -2.49. The van der Waals surface area contributed by atoms with Crippen LogP contribution in [0.5, 0.6) is 0 Å². The van der Waals surface area contributed by atoms with Crippen molar-refractivity contribution < 1.29 is 14.3 Å². The fourth-order valence-electron chi connectivity index (χ4n) is 3.32. The van der Waals surface area contributed by atoms with Crippen molar-refractivity contribution in [2.75, 3.05) is 44.7 Å². The van der Waals surface area contributed by atoms with Crippen molar-refractivity contribution in [1.29, 1.82) is 0 Å². The largest absolute Gasteiger partial charge is 0.380 e. The molecule has 28 heavy (non-hydrogen) atoms. The number of amides is 2. The van der Waals surface area contributed by atoms with Crippen LogP contribution in [0.4, 0.5) is 5.69 Å². The topological polar surface area (TPSA) is 61.9 Å². The third-order valence-corrected chi connectivity index (χ3v) is 4.91. The predicted octanol–water partition coefficient (Wildman–Crippen LogP) is 2.30. The standard InChI is InChI=1S/C22H27N3O3/c1-28-17-18-7-9-19(10-8-18)22(27)23-12-11-21(26)25-15-13-24(14-16-25)20-5-3-2-4-6-20/h2-10H,11-17H2,1H3,(H,23,27). The van der Waals surface area contributed by atoms with E-state index >= 15 is 0 Å². The van der Waals surface area contributed by atoms with Gasteiger partial charge in [0.25, 0.3) is 5.91 Å². The summed E-state index contributed by atoms with van der Waals surface area (Å²) in [6.07, 6.45) is 0.318. The average molecular weight is 381 g/mol. The monoisotopic (exact) mass is 381 g/mol. The van der Waals surface area contributed by atoms with Gasteiger partial charge < -0.3 is 19.9 Å². The highest BCUT2D eigenvalue weighted by Gasteiger charge is 2.21. The SMILES string of the molecule is COCc1ccc(C(=O)NCCC(=O)N2CCN(c3ccccc3)CC2)cc1. The molecule has 3 rings (SSSR count). The van der Waals surface area contributed by atoms with Gasteiger partial charge in [-0.3, -0.25) is 9.59 Å². The lowest BCUT2D eigenvalue weighted by molar-refractivity contribution is -0.131. The quantitative estimate of drug-likeness (QED) is 0.800. The fourth-order valence-corrected chi connectivity index (χ4v) is 3.32. The number of carbonyl (C=O) groups is 2. The third-order valence-electron chi connectivity index (χ3n) is 4.91. The Morgan fingerprint density at radius 2 is 1.64 bits per heavy atom. The molecule has 2 amide bonds. The van der Waals surface area contributed by atoms with Gasteiger partial charge in [0.05, 0.1) is 6.61 Å². The summed E-state index contributed by atoms with van der Waals surface area (Å²) in [5.41, 5.74) is 2.80. The number of nitrogens with zero attached hydrogens (tertiary/aromatic N) is 2. The number of hydrogen-bond donors (Lipinski definition) is 1. The molecule has 0 spiro atoms. The van der Waals surface area contributed by atoms with Gasteiger partial charge in [-0.15, -0.1) is 0 Å². The Morgan fingerprint density at radius 1 is 0.964 bits per heavy atom. The van der Waals surface area contributed by atoms with Crippen molar-refractivity contribution >= 4 is 17.5 Å². The van der Waals surface area contributed by atoms with E-state index in [1.807, 2.05) is 35.2 Å². The summed E-state index contributed by atoms with van der Waals surface area (Å²) in [5.74, 6) is -0.0749. The predicted molar refractivity (Wildman–Crippen MR) is 109 cm³/mol. The lowest BCUT2D eigenvalue weighted by Gasteiger charge is -2.36. The van der Waals surface area contributed by atoms with E-state index in [9.17, 15) is 9.59 Å². The third kappa shape index (κ3) is 5.33. The van der Waals surface area contributed by atoms with Gasteiger partial charge in [0, 0.05) is 57.5 Å². The molecule has 1 fully saturated rings. The van der Waals surface area contributed by atoms with Crippen LogP contribution < -0.4 is 10.2 Å². The molecule has 0 atom stereocenters. The van der Waals surface area contributed by atoms with Crippen LogP contribution in [0.2, 0.25) is 0 Å². The van der Waals surface area contributed by atoms with Gasteiger partial charge in [-0.05, 0) is 29.8 Å². The van der Waals surface area contributed by atoms with Crippen LogP contribution >= 0.6 is 0 Å². The summed E-state index contributed by atoms with van der Waals surface area (Å²) in [7, 11) is 1.64. The van der Waals surface area contributed by atoms with Crippen molar-refractivity contribution in [1.82, 2.24) is 10.2 Å². The Balaban J connectivity index is 1.39. The minimum absolute atomic E-state index is 0.0865. The molecule has 1 heterocycles. The highest BCUT2D eigenvalue weighted by atomic mass is 16.5. The van der Waals surface area contributed by atoms with Crippen molar-refractivity contribution in [3.8, 4) is 0 Å². The molecule has 1 aliphatic rings. The van der Waals surface area contributed by atoms with E-state index < -0.39 is 0 Å². The number of para-hydroxylation sites is 1. The van der Waals surface area contributed by atoms with Crippen LogP contribution in [0, 0.1) is 0 Å². The van der Waals surface area contributed by atoms with Crippen LogP contribution in [0.25, 0.3) is 0 Å². The van der Waals surface area contributed by atoms with Gasteiger partial charge in [0.2, 0.25) is 5.91 Å². The van der Waals surface area contributed by atoms with Gasteiger partial charge in [-0.2, -0.15) is 0 Å². The number of methoxy groups -OCH3 is 1. The maximum absolute atomic E-state index is 12.4. The van der Waals surface area contributed by atoms with Crippen molar-refractivity contribution in [2.45, 2.75) is 13.0 Å². The lowest BCUT2D eigenvalue weighted by atomic mass is 10.1. The molecule has 2 aromatic rings. The number of anilines is 1. The van der Waals surface area contributed by atoms with E-state index in [1.54, 1.807) is 19.2 Å². The molecule has 1 N–H and O–H groups in total. The molecule has 0 unspecified atom stereocenters. The number of rotatable bonds is 7. The van der Waals surface area contributed by atoms with Gasteiger partial charge in [0.1, 0.15) is 0 Å². The normalized spacial score (nSPS) is 14.0. The second kappa shape index (κ2) is 9.90. The van der Waals surface area contributed by atoms with E-state index in [2.05, 4.69) is 22.3 Å². The maximum Gasteiger partial charge on any atom is 0.251 e. The summed E-state index contributed by atoms with van der Waals surface area (Å²) < 4.78 is 5.06. The minimum Gasteiger partial charge on any atom is -0.380 e. The Labute approximate surface area is 166 Å². The average Bonchev–Trinajstić information content (AvgIpc) is 2.75. The van der Waals surface area contributed by atoms with E-state index in [-0.39, 0.29) is 11.8 Å². The summed E-state index contributed by atoms with van der Waals surface area (Å²) in [4.78, 5) is 28.8. The zero-order valence-corrected chi connectivity index (χ0v) is 16.3. The summed E-state index contributed by atoms with van der Waals surface area (Å²) >= 11 is 0. The molecule has 6 nitrogen and oxygen atoms in total. The van der Waals surface area contributed by atoms with Crippen LogP contribution in [0.3, 0.4) is 0 Å². The maximum atomic E-state index is 12.4. The minimum atomic E-state index is -0.161. The first-order chi connectivity index (χ1) is 13.7. The van der Waals surface area contributed by atoms with Gasteiger partial charge in [-0.25, -0.2) is 0 Å². The van der Waals surface area contributed by atoms with E-state index in [4.69, 9.17) is 4.74 Å². The number of carbonyl (C=O) groups excluding carboxylic acids is 2. The van der Waals surface area contributed by atoms with Crippen LogP contribution in [0.1, 0.15) is 22.3 Å². The van der Waals surface area contributed by atoms with Gasteiger partial charge >= 0.3 is 0 Å². The molecule has 1 saturated heterocycles. The van der Waals surface area contributed by atoms with Crippen LogP contribution in [-0.2, 0) is 16.1 Å². The van der Waals surface area contributed by atoms with Gasteiger partial charge in [-0.1, -0.05) is 30.3 Å². The molecule has 0 saturated carbocycles. The Morgan fingerprint density at radius 3 is 2.29 bits per heavy atom. The molecular weight excluding hydrogens is 354 g/mol. The molecular formula is C22H27N3O3. The molecule has 148 valence electrons. The molecule has 1 aliphatic heterocycles. The number of hydrogen-bond acceptors (Lipinski definition) is 4. The molecule has 0 radical (unpaired) electrons. The smallest absolute Gasteiger partial charge is 0.251 e. The second-order valence-electron chi connectivity index (χ2n) is 6.84. The van der Waals surface area contributed by atoms with Crippen molar-refractivity contribution in [3.05, 3.63) is 65.7 Å². The Bertz CT molecular complexity index is 769. The second-order valence-corrected chi connectivity index (χ2v) is 6.84. The van der Waals surface area contributed by atoms with Crippen molar-refractivity contribution in [2.24, 2.45) is 0 Å². The van der Waals surface area contributed by atoms with Crippen molar-refractivity contribution in [3.63, 3.8) is 0 Å². The number of piperazine rings is 1. The number of benzene rings is 2.